The maximum Gasteiger partial charge on any atom is 0.249 e. The second-order valence-corrected chi connectivity index (χ2v) is 7.80. The number of nitrogens with zero attached hydrogens (tertiary/aromatic N) is 2. The molecule has 1 aromatic heterocycles. The van der Waals surface area contributed by atoms with Crippen molar-refractivity contribution >= 4 is 28.6 Å². The number of amides is 1. The van der Waals surface area contributed by atoms with Crippen molar-refractivity contribution in [2.45, 2.75) is 11.5 Å². The molecule has 6 nitrogen and oxygen atoms in total. The molecule has 0 spiro atoms. The van der Waals surface area contributed by atoms with Gasteiger partial charge in [0.25, 0.3) is 0 Å². The molecule has 28 heavy (non-hydrogen) atoms. The predicted octanol–water partition coefficient (Wildman–Crippen LogP) is 3.30. The first-order valence-corrected chi connectivity index (χ1v) is 10.3. The molecule has 2 heterocycles. The van der Waals surface area contributed by atoms with Crippen LogP contribution in [-0.4, -0.2) is 27.0 Å². The van der Waals surface area contributed by atoms with Gasteiger partial charge in [-0.05, 0) is 35.9 Å². The Morgan fingerprint density at radius 1 is 1.14 bits per heavy atom. The van der Waals surface area contributed by atoms with E-state index in [2.05, 4.69) is 10.4 Å². The molecule has 1 N–H and O–H groups in total. The van der Waals surface area contributed by atoms with E-state index in [1.807, 2.05) is 54.6 Å². The van der Waals surface area contributed by atoms with Crippen molar-refractivity contribution in [1.29, 1.82) is 0 Å². The molecule has 1 atom stereocenters. The summed E-state index contributed by atoms with van der Waals surface area (Å²) in [6.45, 7) is 0. The molecular formula is C21H19N3O3S. The van der Waals surface area contributed by atoms with Crippen LogP contribution in [0.25, 0.3) is 11.8 Å². The van der Waals surface area contributed by atoms with Gasteiger partial charge in [-0.2, -0.15) is 5.10 Å². The number of benzene rings is 2. The minimum absolute atomic E-state index is 0.265. The van der Waals surface area contributed by atoms with Gasteiger partial charge in [0.15, 0.2) is 0 Å². The summed E-state index contributed by atoms with van der Waals surface area (Å²) in [6.07, 6.45) is 3.24. The third kappa shape index (κ3) is 3.75. The highest BCUT2D eigenvalue weighted by Crippen LogP contribution is 2.31. The molecule has 1 amide bonds. The van der Waals surface area contributed by atoms with Crippen LogP contribution in [-0.2, 0) is 27.1 Å². The van der Waals surface area contributed by atoms with Crippen molar-refractivity contribution in [3.05, 3.63) is 77.5 Å². The van der Waals surface area contributed by atoms with E-state index in [4.69, 9.17) is 4.74 Å². The van der Waals surface area contributed by atoms with Crippen LogP contribution in [0.4, 0.5) is 5.82 Å². The van der Waals surface area contributed by atoms with E-state index in [1.165, 1.54) is 6.08 Å². The van der Waals surface area contributed by atoms with E-state index < -0.39 is 10.8 Å². The number of anilines is 1. The Bertz CT molecular complexity index is 1060. The molecule has 0 radical (unpaired) electrons. The molecule has 0 saturated carbocycles. The second kappa shape index (κ2) is 7.82. The van der Waals surface area contributed by atoms with Crippen LogP contribution < -0.4 is 10.1 Å². The first-order valence-electron chi connectivity index (χ1n) is 8.78. The molecule has 0 bridgehead atoms. The average molecular weight is 393 g/mol. The first-order chi connectivity index (χ1) is 13.6. The Kier molecular flexibility index (Phi) is 5.08. The number of methoxy groups -OCH3 is 1. The Labute approximate surface area is 165 Å². The van der Waals surface area contributed by atoms with E-state index in [0.29, 0.717) is 17.3 Å². The number of hydrogen-bond donors (Lipinski definition) is 1. The molecule has 0 aliphatic carbocycles. The predicted molar refractivity (Wildman–Crippen MR) is 110 cm³/mol. The Morgan fingerprint density at radius 3 is 2.61 bits per heavy atom. The fraction of sp³-hybridized carbons (Fsp3) is 0.143. The largest absolute Gasteiger partial charge is 0.497 e. The van der Waals surface area contributed by atoms with E-state index in [9.17, 15) is 9.00 Å². The van der Waals surface area contributed by atoms with Gasteiger partial charge in [-0.1, -0.05) is 30.3 Å². The van der Waals surface area contributed by atoms with Gasteiger partial charge in [-0.15, -0.1) is 0 Å². The minimum atomic E-state index is -0.982. The quantitative estimate of drug-likeness (QED) is 0.675. The van der Waals surface area contributed by atoms with Gasteiger partial charge in [0, 0.05) is 22.4 Å². The fourth-order valence-corrected chi connectivity index (χ4v) is 4.33. The highest BCUT2D eigenvalue weighted by molar-refractivity contribution is 7.83. The lowest BCUT2D eigenvalue weighted by atomic mass is 10.2. The van der Waals surface area contributed by atoms with Crippen molar-refractivity contribution in [2.24, 2.45) is 0 Å². The maximum absolute atomic E-state index is 12.5. The lowest BCUT2D eigenvalue weighted by Gasteiger charge is -2.10. The molecule has 4 rings (SSSR count). The Balaban J connectivity index is 1.64. The summed E-state index contributed by atoms with van der Waals surface area (Å²) in [6, 6.07) is 17.0. The molecule has 0 unspecified atom stereocenters. The van der Waals surface area contributed by atoms with Crippen LogP contribution in [0.2, 0.25) is 0 Å². The fourth-order valence-electron chi connectivity index (χ4n) is 3.06. The zero-order valence-corrected chi connectivity index (χ0v) is 16.1. The van der Waals surface area contributed by atoms with Crippen LogP contribution >= 0.6 is 0 Å². The van der Waals surface area contributed by atoms with Crippen LogP contribution in [0.1, 0.15) is 16.8 Å². The summed E-state index contributed by atoms with van der Waals surface area (Å²) in [4.78, 5) is 12.5. The van der Waals surface area contributed by atoms with Crippen molar-refractivity contribution < 1.29 is 13.7 Å². The zero-order valence-electron chi connectivity index (χ0n) is 15.3. The molecule has 0 fully saturated rings. The van der Waals surface area contributed by atoms with Crippen LogP contribution in [0.5, 0.6) is 5.75 Å². The summed E-state index contributed by atoms with van der Waals surface area (Å²) in [5.41, 5.74) is 3.32. The second-order valence-electron chi connectivity index (χ2n) is 6.35. The maximum atomic E-state index is 12.5. The normalized spacial score (nSPS) is 15.5. The van der Waals surface area contributed by atoms with Gasteiger partial charge in [0.2, 0.25) is 5.91 Å². The first kappa shape index (κ1) is 18.2. The third-order valence-electron chi connectivity index (χ3n) is 4.46. The van der Waals surface area contributed by atoms with Crippen molar-refractivity contribution in [3.8, 4) is 11.4 Å². The van der Waals surface area contributed by atoms with Gasteiger partial charge in [0.05, 0.1) is 30.0 Å². The molecule has 1 aliphatic heterocycles. The highest BCUT2D eigenvalue weighted by Gasteiger charge is 2.28. The van der Waals surface area contributed by atoms with E-state index >= 15 is 0 Å². The summed E-state index contributed by atoms with van der Waals surface area (Å²) >= 11 is 0. The molecular weight excluding hydrogens is 374 g/mol. The third-order valence-corrected chi connectivity index (χ3v) is 5.66. The molecule has 7 heteroatoms. The van der Waals surface area contributed by atoms with E-state index in [1.54, 1.807) is 17.9 Å². The number of carbonyl (C=O) groups is 1. The van der Waals surface area contributed by atoms with Gasteiger partial charge >= 0.3 is 0 Å². The van der Waals surface area contributed by atoms with Crippen molar-refractivity contribution in [3.63, 3.8) is 0 Å². The Morgan fingerprint density at radius 2 is 1.89 bits per heavy atom. The summed E-state index contributed by atoms with van der Waals surface area (Å²) in [7, 11) is 0.627. The number of carbonyl (C=O) groups excluding carboxylic acids is 1. The standard InChI is InChI=1S/C21H19N3O3S/c1-27-17-10-8-16(9-11-17)24-21(18-13-28(26)14-19(18)23-24)22-20(25)12-7-15-5-3-2-4-6-15/h2-12H,13-14H2,1H3,(H,22,25)/t28-/m1/s1. The highest BCUT2D eigenvalue weighted by atomic mass is 32.2. The number of hydrogen-bond acceptors (Lipinski definition) is 4. The lowest BCUT2D eigenvalue weighted by Crippen LogP contribution is -2.14. The summed E-state index contributed by atoms with van der Waals surface area (Å²) in [5, 5.41) is 7.50. The molecule has 3 aromatic rings. The minimum Gasteiger partial charge on any atom is -0.497 e. The van der Waals surface area contributed by atoms with Crippen LogP contribution in [0, 0.1) is 0 Å². The van der Waals surface area contributed by atoms with Gasteiger partial charge < -0.3 is 10.1 Å². The lowest BCUT2D eigenvalue weighted by molar-refractivity contribution is -0.111. The van der Waals surface area contributed by atoms with Crippen molar-refractivity contribution in [1.82, 2.24) is 9.78 Å². The Hall–Kier alpha value is -3.19. The SMILES string of the molecule is COc1ccc(-n2nc3c(c2NC(=O)C=Cc2ccccc2)C[S@@](=O)C3)cc1. The van der Waals surface area contributed by atoms with Gasteiger partial charge in [0.1, 0.15) is 11.6 Å². The number of fused-ring (bicyclic) bond motifs is 1. The zero-order chi connectivity index (χ0) is 19.5. The van der Waals surface area contributed by atoms with Gasteiger partial charge in [-0.3, -0.25) is 9.00 Å². The average Bonchev–Trinajstić information content (AvgIpc) is 3.24. The summed E-state index contributed by atoms with van der Waals surface area (Å²) in [5.74, 6) is 1.83. The number of aromatic nitrogens is 2. The molecule has 0 saturated heterocycles. The van der Waals surface area contributed by atoms with E-state index in [0.717, 1.165) is 28.3 Å². The molecule has 142 valence electrons. The van der Waals surface area contributed by atoms with Crippen molar-refractivity contribution in [2.75, 3.05) is 12.4 Å². The van der Waals surface area contributed by atoms with Gasteiger partial charge in [-0.25, -0.2) is 4.68 Å². The number of ether oxygens (including phenoxy) is 1. The number of nitrogens with one attached hydrogen (secondary N) is 1. The van der Waals surface area contributed by atoms with E-state index in [-0.39, 0.29) is 5.91 Å². The monoisotopic (exact) mass is 393 g/mol. The smallest absolute Gasteiger partial charge is 0.249 e. The topological polar surface area (TPSA) is 73.2 Å². The van der Waals surface area contributed by atoms with Crippen LogP contribution in [0.15, 0.2) is 60.7 Å². The number of rotatable bonds is 5. The summed E-state index contributed by atoms with van der Waals surface area (Å²) < 4.78 is 18.8. The molecule has 1 aliphatic rings. The molecule has 2 aromatic carbocycles. The van der Waals surface area contributed by atoms with Crippen LogP contribution in [0.3, 0.4) is 0 Å².